The molecule has 4 nitrogen and oxygen atoms in total. The highest BCUT2D eigenvalue weighted by molar-refractivity contribution is 5.99. The molecule has 2 rings (SSSR count). The molecule has 0 atom stereocenters. The van der Waals surface area contributed by atoms with E-state index >= 15 is 0 Å². The molecular formula is C14H19NO3. The van der Waals surface area contributed by atoms with Crippen molar-refractivity contribution in [2.75, 3.05) is 19.8 Å². The summed E-state index contributed by atoms with van der Waals surface area (Å²) in [5.74, 6) is 1.56. The summed E-state index contributed by atoms with van der Waals surface area (Å²) in [4.78, 5) is 11.9. The minimum absolute atomic E-state index is 0.0133. The van der Waals surface area contributed by atoms with Gasteiger partial charge in [-0.25, -0.2) is 0 Å². The normalized spacial score (nSPS) is 14.4. The summed E-state index contributed by atoms with van der Waals surface area (Å²) in [6, 6.07) is 3.68. The number of hydrogen-bond acceptors (Lipinski definition) is 4. The topological polar surface area (TPSA) is 61.6 Å². The van der Waals surface area contributed by atoms with Gasteiger partial charge in [-0.3, -0.25) is 4.79 Å². The van der Waals surface area contributed by atoms with Gasteiger partial charge in [0.15, 0.2) is 17.3 Å². The lowest BCUT2D eigenvalue weighted by atomic mass is 9.94. The molecular weight excluding hydrogens is 230 g/mol. The van der Waals surface area contributed by atoms with Crippen molar-refractivity contribution >= 4 is 5.78 Å². The van der Waals surface area contributed by atoms with Crippen molar-refractivity contribution in [1.29, 1.82) is 0 Å². The molecule has 0 aliphatic carbocycles. The second kappa shape index (κ2) is 5.40. The second-order valence-corrected chi connectivity index (χ2v) is 4.72. The van der Waals surface area contributed by atoms with Crippen molar-refractivity contribution in [1.82, 2.24) is 0 Å². The Morgan fingerprint density at radius 2 is 1.89 bits per heavy atom. The fraction of sp³-hybridized carbons (Fsp3) is 0.500. The van der Waals surface area contributed by atoms with Crippen LogP contribution in [0, 0.1) is 0 Å². The summed E-state index contributed by atoms with van der Waals surface area (Å²) in [5, 5.41) is 0. The summed E-state index contributed by atoms with van der Waals surface area (Å²) in [6.07, 6.45) is 0.853. The zero-order valence-corrected chi connectivity index (χ0v) is 10.9. The van der Waals surface area contributed by atoms with E-state index in [4.69, 9.17) is 15.2 Å². The van der Waals surface area contributed by atoms with Crippen LogP contribution in [0.15, 0.2) is 12.1 Å². The van der Waals surface area contributed by atoms with Crippen molar-refractivity contribution in [2.45, 2.75) is 26.2 Å². The molecule has 18 heavy (non-hydrogen) atoms. The van der Waals surface area contributed by atoms with Crippen LogP contribution in [0.4, 0.5) is 0 Å². The first-order valence-corrected chi connectivity index (χ1v) is 6.30. The van der Waals surface area contributed by atoms with Gasteiger partial charge in [-0.15, -0.1) is 0 Å². The van der Waals surface area contributed by atoms with Crippen LogP contribution in [-0.4, -0.2) is 25.5 Å². The Balaban J connectivity index is 2.51. The molecule has 0 radical (unpaired) electrons. The highest BCUT2D eigenvalue weighted by Gasteiger charge is 2.19. The van der Waals surface area contributed by atoms with E-state index in [0.29, 0.717) is 24.5 Å². The van der Waals surface area contributed by atoms with Crippen LogP contribution >= 0.6 is 0 Å². The van der Waals surface area contributed by atoms with Gasteiger partial charge in [0.1, 0.15) is 0 Å². The standard InChI is InChI=1S/C14H19NO3/c1-9(2)10-6-13-14(18-5-3-4-17-13)7-11(10)12(16)8-15/h6-7,9H,3-5,8,15H2,1-2H3. The molecule has 0 saturated heterocycles. The smallest absolute Gasteiger partial charge is 0.176 e. The number of hydrogen-bond donors (Lipinski definition) is 1. The molecule has 1 aromatic rings. The summed E-state index contributed by atoms with van der Waals surface area (Å²) in [6.45, 7) is 5.37. The first-order chi connectivity index (χ1) is 8.63. The Morgan fingerprint density at radius 1 is 1.28 bits per heavy atom. The Labute approximate surface area is 107 Å². The predicted molar refractivity (Wildman–Crippen MR) is 69.5 cm³/mol. The minimum Gasteiger partial charge on any atom is -0.490 e. The first kappa shape index (κ1) is 12.9. The van der Waals surface area contributed by atoms with E-state index in [1.165, 1.54) is 0 Å². The van der Waals surface area contributed by atoms with Crippen molar-refractivity contribution in [3.63, 3.8) is 0 Å². The molecule has 4 heteroatoms. The average Bonchev–Trinajstić information content (AvgIpc) is 2.60. The van der Waals surface area contributed by atoms with Crippen LogP contribution in [0.5, 0.6) is 11.5 Å². The lowest BCUT2D eigenvalue weighted by molar-refractivity contribution is 0.0999. The molecule has 1 aliphatic rings. The summed E-state index contributed by atoms with van der Waals surface area (Å²) >= 11 is 0. The van der Waals surface area contributed by atoms with Gasteiger partial charge in [0.25, 0.3) is 0 Å². The van der Waals surface area contributed by atoms with E-state index in [1.807, 2.05) is 19.9 Å². The molecule has 0 saturated carbocycles. The number of carbonyl (C=O) groups excluding carboxylic acids is 1. The Kier molecular flexibility index (Phi) is 3.87. The maximum Gasteiger partial charge on any atom is 0.176 e. The predicted octanol–water partition coefficient (Wildman–Crippen LogP) is 2.11. The summed E-state index contributed by atoms with van der Waals surface area (Å²) in [5.41, 5.74) is 7.08. The number of rotatable bonds is 3. The molecule has 0 bridgehead atoms. The van der Waals surface area contributed by atoms with E-state index in [0.717, 1.165) is 17.7 Å². The number of benzene rings is 1. The zero-order valence-electron chi connectivity index (χ0n) is 10.9. The van der Waals surface area contributed by atoms with Gasteiger partial charge in [0.05, 0.1) is 19.8 Å². The largest absolute Gasteiger partial charge is 0.490 e. The van der Waals surface area contributed by atoms with Crippen LogP contribution in [0.25, 0.3) is 0 Å². The molecule has 98 valence electrons. The highest BCUT2D eigenvalue weighted by Crippen LogP contribution is 2.35. The van der Waals surface area contributed by atoms with E-state index in [-0.39, 0.29) is 18.2 Å². The SMILES string of the molecule is CC(C)c1cc2c(cc1C(=O)CN)OCCCO2. The maximum absolute atomic E-state index is 11.9. The number of carbonyl (C=O) groups is 1. The monoisotopic (exact) mass is 249 g/mol. The Hall–Kier alpha value is -1.55. The summed E-state index contributed by atoms with van der Waals surface area (Å²) in [7, 11) is 0. The molecule has 0 fully saturated rings. The third-order valence-corrected chi connectivity index (χ3v) is 3.03. The van der Waals surface area contributed by atoms with Crippen LogP contribution in [-0.2, 0) is 0 Å². The number of nitrogens with two attached hydrogens (primary N) is 1. The minimum atomic E-state index is -0.0608. The molecule has 1 aliphatic heterocycles. The van der Waals surface area contributed by atoms with Crippen LogP contribution in [0.3, 0.4) is 0 Å². The van der Waals surface area contributed by atoms with Crippen molar-refractivity contribution in [3.8, 4) is 11.5 Å². The fourth-order valence-electron chi connectivity index (χ4n) is 2.05. The van der Waals surface area contributed by atoms with Gasteiger partial charge in [-0.2, -0.15) is 0 Å². The maximum atomic E-state index is 11.9. The van der Waals surface area contributed by atoms with Crippen LogP contribution in [0.1, 0.15) is 42.1 Å². The first-order valence-electron chi connectivity index (χ1n) is 6.30. The zero-order chi connectivity index (χ0) is 13.1. The second-order valence-electron chi connectivity index (χ2n) is 4.72. The Bertz CT molecular complexity index is 455. The highest BCUT2D eigenvalue weighted by atomic mass is 16.5. The average molecular weight is 249 g/mol. The van der Waals surface area contributed by atoms with Crippen molar-refractivity contribution in [2.24, 2.45) is 5.73 Å². The third-order valence-electron chi connectivity index (χ3n) is 3.03. The third kappa shape index (κ3) is 2.48. The van der Waals surface area contributed by atoms with Crippen LogP contribution < -0.4 is 15.2 Å². The van der Waals surface area contributed by atoms with E-state index < -0.39 is 0 Å². The van der Waals surface area contributed by atoms with Gasteiger partial charge >= 0.3 is 0 Å². The van der Waals surface area contributed by atoms with E-state index in [1.54, 1.807) is 6.07 Å². The van der Waals surface area contributed by atoms with Crippen molar-refractivity contribution in [3.05, 3.63) is 23.3 Å². The Morgan fingerprint density at radius 3 is 2.44 bits per heavy atom. The lowest BCUT2D eigenvalue weighted by Gasteiger charge is -2.16. The van der Waals surface area contributed by atoms with Crippen molar-refractivity contribution < 1.29 is 14.3 Å². The number of ether oxygens (including phenoxy) is 2. The van der Waals surface area contributed by atoms with Gasteiger partial charge in [0, 0.05) is 12.0 Å². The number of fused-ring (bicyclic) bond motifs is 1. The number of ketones is 1. The van der Waals surface area contributed by atoms with Crippen LogP contribution in [0.2, 0.25) is 0 Å². The quantitative estimate of drug-likeness (QED) is 0.833. The molecule has 0 spiro atoms. The van der Waals surface area contributed by atoms with E-state index in [9.17, 15) is 4.79 Å². The molecule has 0 amide bonds. The molecule has 1 aromatic carbocycles. The van der Waals surface area contributed by atoms with Gasteiger partial charge in [-0.05, 0) is 23.6 Å². The molecule has 1 heterocycles. The van der Waals surface area contributed by atoms with Gasteiger partial charge in [-0.1, -0.05) is 13.8 Å². The van der Waals surface area contributed by atoms with E-state index in [2.05, 4.69) is 0 Å². The lowest BCUT2D eigenvalue weighted by Crippen LogP contribution is -2.16. The molecule has 0 aromatic heterocycles. The molecule has 2 N–H and O–H groups in total. The fourth-order valence-corrected chi connectivity index (χ4v) is 2.05. The molecule has 0 unspecified atom stereocenters. The number of Topliss-reactive ketones (excluding diaryl/α,β-unsaturated/α-hetero) is 1. The summed E-state index contributed by atoms with van der Waals surface area (Å²) < 4.78 is 11.2. The van der Waals surface area contributed by atoms with Gasteiger partial charge < -0.3 is 15.2 Å². The van der Waals surface area contributed by atoms with Gasteiger partial charge in [0.2, 0.25) is 0 Å².